The molecule has 172 valence electrons. The molecular formula is C22H19ClFN3O5S. The van der Waals surface area contributed by atoms with Crippen LogP contribution in [0.2, 0.25) is 5.02 Å². The first-order chi connectivity index (χ1) is 15.7. The van der Waals surface area contributed by atoms with E-state index in [1.807, 2.05) is 0 Å². The number of amides is 2. The molecule has 0 saturated carbocycles. The molecule has 8 nitrogen and oxygen atoms in total. The molecule has 1 aliphatic rings. The molecule has 1 atom stereocenters. The highest BCUT2D eigenvalue weighted by Gasteiger charge is 2.31. The van der Waals surface area contributed by atoms with Crippen LogP contribution in [0.5, 0.6) is 0 Å². The summed E-state index contributed by atoms with van der Waals surface area (Å²) in [5.41, 5.74) is 1.41. The number of hydrogen-bond acceptors (Lipinski definition) is 6. The van der Waals surface area contributed by atoms with Gasteiger partial charge in [-0.3, -0.25) is 9.59 Å². The van der Waals surface area contributed by atoms with E-state index in [1.165, 1.54) is 18.4 Å². The van der Waals surface area contributed by atoms with E-state index in [9.17, 15) is 22.4 Å². The molecule has 0 fully saturated rings. The molecule has 2 heterocycles. The molecule has 3 N–H and O–H groups in total. The van der Waals surface area contributed by atoms with E-state index >= 15 is 0 Å². The van der Waals surface area contributed by atoms with Crippen molar-refractivity contribution in [3.05, 3.63) is 82.5 Å². The maximum Gasteiger partial charge on any atom is 0.251 e. The second-order valence-electron chi connectivity index (χ2n) is 7.50. The predicted octanol–water partition coefficient (Wildman–Crippen LogP) is 3.35. The normalized spacial score (nSPS) is 15.3. The van der Waals surface area contributed by atoms with Crippen molar-refractivity contribution < 1.29 is 26.8 Å². The third kappa shape index (κ3) is 5.52. The smallest absolute Gasteiger partial charge is 0.251 e. The highest BCUT2D eigenvalue weighted by molar-refractivity contribution is 7.90. The first-order valence-electron chi connectivity index (χ1n) is 9.86. The Bertz CT molecular complexity index is 1310. The molecule has 3 aromatic rings. The number of rotatable bonds is 7. The number of hydrogen-bond donors (Lipinski definition) is 3. The molecule has 0 saturated heterocycles. The Morgan fingerprint density at radius 2 is 1.97 bits per heavy atom. The SMILES string of the molecule is O=C(NCc1ccco1)c1ccc2c(c1)NC(=O)[C@H](CS(=O)(=O)Cc1ccc(F)cc1Cl)N2. The lowest BCUT2D eigenvalue weighted by Gasteiger charge is -2.27. The van der Waals surface area contributed by atoms with E-state index in [0.717, 1.165) is 12.1 Å². The van der Waals surface area contributed by atoms with Crippen LogP contribution in [0.15, 0.2) is 59.2 Å². The number of benzene rings is 2. The third-order valence-corrected chi connectivity index (χ3v) is 6.94. The van der Waals surface area contributed by atoms with E-state index in [1.54, 1.807) is 24.3 Å². The van der Waals surface area contributed by atoms with Crippen molar-refractivity contribution >= 4 is 44.6 Å². The van der Waals surface area contributed by atoms with E-state index in [2.05, 4.69) is 16.0 Å². The fraction of sp³-hybridized carbons (Fsp3) is 0.182. The van der Waals surface area contributed by atoms with Gasteiger partial charge in [0.25, 0.3) is 5.91 Å². The number of carbonyl (C=O) groups excluding carboxylic acids is 2. The number of carbonyl (C=O) groups is 2. The van der Waals surface area contributed by atoms with Crippen molar-refractivity contribution in [3.63, 3.8) is 0 Å². The number of anilines is 2. The van der Waals surface area contributed by atoms with Gasteiger partial charge in [0, 0.05) is 10.6 Å². The minimum atomic E-state index is -3.76. The summed E-state index contributed by atoms with van der Waals surface area (Å²) in [6.45, 7) is 0.214. The largest absolute Gasteiger partial charge is 0.467 e. The van der Waals surface area contributed by atoms with Gasteiger partial charge >= 0.3 is 0 Å². The summed E-state index contributed by atoms with van der Waals surface area (Å²) < 4.78 is 43.7. The van der Waals surface area contributed by atoms with Gasteiger partial charge in [0.15, 0.2) is 9.84 Å². The van der Waals surface area contributed by atoms with Crippen LogP contribution in [0.25, 0.3) is 0 Å². The molecule has 1 aliphatic heterocycles. The van der Waals surface area contributed by atoms with E-state index in [0.29, 0.717) is 22.7 Å². The molecule has 2 amide bonds. The summed E-state index contributed by atoms with van der Waals surface area (Å²) in [4.78, 5) is 24.9. The van der Waals surface area contributed by atoms with Crippen molar-refractivity contribution in [1.29, 1.82) is 0 Å². The van der Waals surface area contributed by atoms with Crippen molar-refractivity contribution in [3.8, 4) is 0 Å². The van der Waals surface area contributed by atoms with Crippen LogP contribution < -0.4 is 16.0 Å². The van der Waals surface area contributed by atoms with Gasteiger partial charge in [-0.05, 0) is 48.0 Å². The Morgan fingerprint density at radius 3 is 2.70 bits per heavy atom. The Morgan fingerprint density at radius 1 is 1.15 bits per heavy atom. The van der Waals surface area contributed by atoms with Crippen LogP contribution >= 0.6 is 11.6 Å². The number of fused-ring (bicyclic) bond motifs is 1. The zero-order valence-electron chi connectivity index (χ0n) is 17.1. The van der Waals surface area contributed by atoms with Crippen LogP contribution in [0.1, 0.15) is 21.7 Å². The monoisotopic (exact) mass is 491 g/mol. The van der Waals surface area contributed by atoms with E-state index < -0.39 is 39.1 Å². The Kier molecular flexibility index (Phi) is 6.39. The van der Waals surface area contributed by atoms with Crippen molar-refractivity contribution in [1.82, 2.24) is 5.32 Å². The first kappa shape index (κ1) is 22.8. The van der Waals surface area contributed by atoms with E-state index in [-0.39, 0.29) is 23.0 Å². The molecule has 0 radical (unpaired) electrons. The Balaban J connectivity index is 1.42. The molecule has 0 unspecified atom stereocenters. The maximum atomic E-state index is 13.2. The Labute approximate surface area is 194 Å². The molecule has 33 heavy (non-hydrogen) atoms. The van der Waals surface area contributed by atoms with Gasteiger partial charge in [0.2, 0.25) is 5.91 Å². The van der Waals surface area contributed by atoms with Crippen molar-refractivity contribution in [2.24, 2.45) is 0 Å². The summed E-state index contributed by atoms with van der Waals surface area (Å²) in [5, 5.41) is 8.26. The highest BCUT2D eigenvalue weighted by atomic mass is 35.5. The fourth-order valence-corrected chi connectivity index (χ4v) is 5.28. The standard InChI is InChI=1S/C22H19ClFN3O5S/c23-17-9-15(24)5-3-14(17)11-33(30,31)12-20-22(29)27-19-8-13(4-6-18(19)26-20)21(28)25-10-16-2-1-7-32-16/h1-9,20,26H,10-12H2,(H,25,28)(H,27,29)/t20-/m0/s1. The molecule has 0 aliphatic carbocycles. The van der Waals surface area contributed by atoms with Crippen LogP contribution in [-0.2, 0) is 26.9 Å². The number of halogens is 2. The van der Waals surface area contributed by atoms with Gasteiger partial charge in [0.05, 0.1) is 35.7 Å². The Hall–Kier alpha value is -3.37. The molecule has 0 spiro atoms. The van der Waals surface area contributed by atoms with Gasteiger partial charge in [-0.25, -0.2) is 12.8 Å². The lowest BCUT2D eigenvalue weighted by molar-refractivity contribution is -0.116. The van der Waals surface area contributed by atoms with Gasteiger partial charge < -0.3 is 20.4 Å². The van der Waals surface area contributed by atoms with Crippen LogP contribution in [-0.4, -0.2) is 32.0 Å². The predicted molar refractivity (Wildman–Crippen MR) is 121 cm³/mol. The van der Waals surface area contributed by atoms with Crippen LogP contribution in [0, 0.1) is 5.82 Å². The average molecular weight is 492 g/mol. The molecule has 1 aromatic heterocycles. The molecule has 11 heteroatoms. The van der Waals surface area contributed by atoms with Gasteiger partial charge in [-0.2, -0.15) is 0 Å². The molecule has 0 bridgehead atoms. The quantitative estimate of drug-likeness (QED) is 0.466. The van der Waals surface area contributed by atoms with Gasteiger partial charge in [-0.1, -0.05) is 17.7 Å². The highest BCUT2D eigenvalue weighted by Crippen LogP contribution is 2.29. The second-order valence-corrected chi connectivity index (χ2v) is 10.0. The molecular weight excluding hydrogens is 473 g/mol. The zero-order chi connectivity index (χ0) is 23.6. The summed E-state index contributed by atoms with van der Waals surface area (Å²) >= 11 is 5.93. The maximum absolute atomic E-state index is 13.2. The lowest BCUT2D eigenvalue weighted by Crippen LogP contribution is -2.43. The molecule has 2 aromatic carbocycles. The lowest BCUT2D eigenvalue weighted by atomic mass is 10.1. The fourth-order valence-electron chi connectivity index (χ4n) is 3.38. The first-order valence-corrected chi connectivity index (χ1v) is 12.1. The zero-order valence-corrected chi connectivity index (χ0v) is 18.7. The summed E-state index contributed by atoms with van der Waals surface area (Å²) in [7, 11) is -3.76. The number of furan rings is 1. The van der Waals surface area contributed by atoms with E-state index in [4.69, 9.17) is 16.0 Å². The average Bonchev–Trinajstić information content (AvgIpc) is 3.28. The molecule has 4 rings (SSSR count). The summed E-state index contributed by atoms with van der Waals surface area (Å²) in [6.07, 6.45) is 1.51. The van der Waals surface area contributed by atoms with Crippen molar-refractivity contribution in [2.75, 3.05) is 16.4 Å². The third-order valence-electron chi connectivity index (χ3n) is 5.00. The van der Waals surface area contributed by atoms with Gasteiger partial charge in [-0.15, -0.1) is 0 Å². The number of nitrogens with one attached hydrogen (secondary N) is 3. The number of sulfone groups is 1. The summed E-state index contributed by atoms with van der Waals surface area (Å²) in [6, 6.07) is 10.5. The second kappa shape index (κ2) is 9.24. The van der Waals surface area contributed by atoms with Gasteiger partial charge in [0.1, 0.15) is 17.6 Å². The summed E-state index contributed by atoms with van der Waals surface area (Å²) in [5.74, 6) is -1.80. The van der Waals surface area contributed by atoms with Crippen LogP contribution in [0.3, 0.4) is 0 Å². The van der Waals surface area contributed by atoms with Crippen LogP contribution in [0.4, 0.5) is 15.8 Å². The topological polar surface area (TPSA) is 118 Å². The minimum Gasteiger partial charge on any atom is -0.467 e. The minimum absolute atomic E-state index is 0.00262. The van der Waals surface area contributed by atoms with Crippen molar-refractivity contribution in [2.45, 2.75) is 18.3 Å².